The predicted octanol–water partition coefficient (Wildman–Crippen LogP) is 4.10. The summed E-state index contributed by atoms with van der Waals surface area (Å²) in [6.45, 7) is 0.592. The molecule has 3 heterocycles. The Bertz CT molecular complexity index is 1010. The summed E-state index contributed by atoms with van der Waals surface area (Å²) >= 11 is 0. The zero-order valence-electron chi connectivity index (χ0n) is 19.3. The molecule has 0 amide bonds. The fraction of sp³-hybridized carbons (Fsp3) is 0.577. The van der Waals surface area contributed by atoms with Crippen molar-refractivity contribution < 1.29 is 13.2 Å². The molecule has 0 spiro atoms. The van der Waals surface area contributed by atoms with Gasteiger partial charge in [0, 0.05) is 30.2 Å². The molecule has 6 nitrogen and oxygen atoms in total. The van der Waals surface area contributed by atoms with E-state index < -0.39 is 10.0 Å². The van der Waals surface area contributed by atoms with E-state index in [4.69, 9.17) is 4.74 Å². The summed E-state index contributed by atoms with van der Waals surface area (Å²) in [5.41, 5.74) is 1.43. The standard InChI is InChI=1S/C26H35N3O3S/c1-33(30,31)28-24-17-21-12-15-25(29(21)26-9-5-6-16-27-26)23(24)18-32-22-13-10-20(11-14-22)19-7-3-2-4-8-19/h2-9,16,20-25,28H,10-15,17-18H2,1H3/t20?,21-,22?,23-,24-,25-/m0/s1. The van der Waals surface area contributed by atoms with Crippen molar-refractivity contribution in [2.75, 3.05) is 17.8 Å². The van der Waals surface area contributed by atoms with E-state index in [1.807, 2.05) is 18.3 Å². The third-order valence-corrected chi connectivity index (χ3v) is 8.56. The zero-order valence-corrected chi connectivity index (χ0v) is 20.2. The molecule has 1 saturated carbocycles. The maximum Gasteiger partial charge on any atom is 0.208 e. The van der Waals surface area contributed by atoms with E-state index in [1.54, 1.807) is 0 Å². The first-order valence-electron chi connectivity index (χ1n) is 12.3. The van der Waals surface area contributed by atoms with Gasteiger partial charge in [-0.25, -0.2) is 18.1 Å². The van der Waals surface area contributed by atoms with Gasteiger partial charge in [-0.05, 0) is 68.6 Å². The van der Waals surface area contributed by atoms with Crippen LogP contribution in [-0.2, 0) is 14.8 Å². The first-order chi connectivity index (χ1) is 16.0. The highest BCUT2D eigenvalue weighted by Gasteiger charge is 2.48. The van der Waals surface area contributed by atoms with Crippen LogP contribution in [-0.4, -0.2) is 50.5 Å². The van der Waals surface area contributed by atoms with Crippen LogP contribution < -0.4 is 9.62 Å². The number of ether oxygens (including phenoxy) is 1. The lowest BCUT2D eigenvalue weighted by atomic mass is 9.82. The number of sulfonamides is 1. The minimum atomic E-state index is -3.28. The van der Waals surface area contributed by atoms with Gasteiger partial charge in [-0.3, -0.25) is 0 Å². The molecule has 1 aliphatic carbocycles. The van der Waals surface area contributed by atoms with Crippen LogP contribution in [0.25, 0.3) is 0 Å². The van der Waals surface area contributed by atoms with E-state index in [2.05, 4.69) is 51.0 Å². The van der Waals surface area contributed by atoms with E-state index in [9.17, 15) is 8.42 Å². The van der Waals surface area contributed by atoms with E-state index in [0.29, 0.717) is 18.6 Å². The Kier molecular flexibility index (Phi) is 6.72. The highest BCUT2D eigenvalue weighted by Crippen LogP contribution is 2.42. The average Bonchev–Trinajstić information content (AvgIpc) is 3.15. The number of hydrogen-bond donors (Lipinski definition) is 1. The molecule has 7 heteroatoms. The summed E-state index contributed by atoms with van der Waals surface area (Å²) in [6, 6.07) is 17.3. The quantitative estimate of drug-likeness (QED) is 0.661. The van der Waals surface area contributed by atoms with Crippen LogP contribution in [0.15, 0.2) is 54.7 Å². The molecule has 2 aromatic rings. The number of nitrogens with zero attached hydrogens (tertiary/aromatic N) is 2. The van der Waals surface area contributed by atoms with Gasteiger partial charge in [-0.1, -0.05) is 36.4 Å². The molecule has 3 aliphatic rings. The lowest BCUT2D eigenvalue weighted by molar-refractivity contribution is -0.00899. The maximum absolute atomic E-state index is 12.1. The molecule has 1 aromatic carbocycles. The SMILES string of the molecule is CS(=O)(=O)N[C@H]1C[C@@H]2CC[C@@H]([C@H]1COC1CCC(c3ccccc3)CC1)N2c1ccccn1. The Labute approximate surface area is 197 Å². The number of anilines is 1. The van der Waals surface area contributed by atoms with Crippen LogP contribution in [0.5, 0.6) is 0 Å². The maximum atomic E-state index is 12.1. The van der Waals surface area contributed by atoms with Gasteiger partial charge in [0.1, 0.15) is 5.82 Å². The van der Waals surface area contributed by atoms with Gasteiger partial charge in [0.25, 0.3) is 0 Å². The van der Waals surface area contributed by atoms with Crippen molar-refractivity contribution in [3.63, 3.8) is 0 Å². The molecule has 3 fully saturated rings. The van der Waals surface area contributed by atoms with Crippen LogP contribution in [0.4, 0.5) is 5.82 Å². The van der Waals surface area contributed by atoms with Crippen LogP contribution in [0.1, 0.15) is 56.4 Å². The normalized spacial score (nSPS) is 32.1. The minimum Gasteiger partial charge on any atom is -0.378 e. The number of aromatic nitrogens is 1. The van der Waals surface area contributed by atoms with Gasteiger partial charge in [-0.15, -0.1) is 0 Å². The van der Waals surface area contributed by atoms with E-state index in [-0.39, 0.29) is 24.1 Å². The molecule has 1 aromatic heterocycles. The highest BCUT2D eigenvalue weighted by molar-refractivity contribution is 7.88. The summed E-state index contributed by atoms with van der Waals surface area (Å²) in [5, 5.41) is 0. The first-order valence-corrected chi connectivity index (χ1v) is 14.2. The summed E-state index contributed by atoms with van der Waals surface area (Å²) in [7, 11) is -3.28. The molecular formula is C26H35N3O3S. The van der Waals surface area contributed by atoms with Crippen molar-refractivity contribution in [3.8, 4) is 0 Å². The smallest absolute Gasteiger partial charge is 0.208 e. The van der Waals surface area contributed by atoms with Crippen LogP contribution in [0, 0.1) is 5.92 Å². The molecule has 0 radical (unpaired) electrons. The number of fused-ring (bicyclic) bond motifs is 2. The van der Waals surface area contributed by atoms with Crippen molar-refractivity contribution in [2.24, 2.45) is 5.92 Å². The number of rotatable bonds is 7. The summed E-state index contributed by atoms with van der Waals surface area (Å²) < 4.78 is 33.7. The molecule has 178 valence electrons. The van der Waals surface area contributed by atoms with Gasteiger partial charge in [0.15, 0.2) is 0 Å². The Balaban J connectivity index is 1.26. The lowest BCUT2D eigenvalue weighted by Gasteiger charge is -2.45. The van der Waals surface area contributed by atoms with Gasteiger partial charge < -0.3 is 9.64 Å². The van der Waals surface area contributed by atoms with Crippen molar-refractivity contribution in [1.82, 2.24) is 9.71 Å². The Morgan fingerprint density at radius 2 is 1.76 bits per heavy atom. The van der Waals surface area contributed by atoms with E-state index >= 15 is 0 Å². The van der Waals surface area contributed by atoms with Crippen molar-refractivity contribution in [1.29, 1.82) is 0 Å². The zero-order chi connectivity index (χ0) is 22.8. The first kappa shape index (κ1) is 22.8. The van der Waals surface area contributed by atoms with Crippen LogP contribution in [0.2, 0.25) is 0 Å². The van der Waals surface area contributed by atoms with E-state index in [1.165, 1.54) is 11.8 Å². The van der Waals surface area contributed by atoms with Gasteiger partial charge in [0.2, 0.25) is 10.0 Å². The van der Waals surface area contributed by atoms with Gasteiger partial charge in [0.05, 0.1) is 19.0 Å². The minimum absolute atomic E-state index is 0.0851. The fourth-order valence-corrected chi connectivity index (χ4v) is 7.16. The second kappa shape index (κ2) is 9.72. The van der Waals surface area contributed by atoms with Crippen LogP contribution >= 0.6 is 0 Å². The largest absolute Gasteiger partial charge is 0.378 e. The summed E-state index contributed by atoms with van der Waals surface area (Å²) in [6.07, 6.45) is 10.7. The van der Waals surface area contributed by atoms with Crippen molar-refractivity contribution in [3.05, 3.63) is 60.3 Å². The number of nitrogens with one attached hydrogen (secondary N) is 1. The monoisotopic (exact) mass is 469 g/mol. The Hall–Kier alpha value is -1.96. The predicted molar refractivity (Wildman–Crippen MR) is 131 cm³/mol. The molecule has 5 rings (SSSR count). The third kappa shape index (κ3) is 5.26. The third-order valence-electron chi connectivity index (χ3n) is 7.83. The van der Waals surface area contributed by atoms with E-state index in [0.717, 1.165) is 50.8 Å². The number of benzene rings is 1. The number of hydrogen-bond acceptors (Lipinski definition) is 5. The lowest BCUT2D eigenvalue weighted by Crippen LogP contribution is -2.58. The molecular weight excluding hydrogens is 434 g/mol. The second-order valence-corrected chi connectivity index (χ2v) is 11.8. The topological polar surface area (TPSA) is 71.5 Å². The Morgan fingerprint density at radius 3 is 2.45 bits per heavy atom. The molecule has 0 unspecified atom stereocenters. The molecule has 2 aliphatic heterocycles. The fourth-order valence-electron chi connectivity index (χ4n) is 6.34. The number of pyridine rings is 1. The number of piperidine rings is 1. The highest BCUT2D eigenvalue weighted by atomic mass is 32.2. The van der Waals surface area contributed by atoms with Crippen molar-refractivity contribution >= 4 is 15.8 Å². The summed E-state index contributed by atoms with van der Waals surface area (Å²) in [5.74, 6) is 1.74. The Morgan fingerprint density at radius 1 is 1.00 bits per heavy atom. The van der Waals surface area contributed by atoms with Gasteiger partial charge >= 0.3 is 0 Å². The molecule has 2 saturated heterocycles. The molecule has 4 atom stereocenters. The molecule has 33 heavy (non-hydrogen) atoms. The molecule has 1 N–H and O–H groups in total. The average molecular weight is 470 g/mol. The van der Waals surface area contributed by atoms with Crippen LogP contribution in [0.3, 0.4) is 0 Å². The van der Waals surface area contributed by atoms with Gasteiger partial charge in [-0.2, -0.15) is 0 Å². The molecule has 2 bridgehead atoms. The van der Waals surface area contributed by atoms with Crippen molar-refractivity contribution in [2.45, 2.75) is 75.1 Å². The summed E-state index contributed by atoms with van der Waals surface area (Å²) in [4.78, 5) is 7.04. The second-order valence-electron chi connectivity index (χ2n) is 10.0.